The average molecular weight is 366 g/mol. The van der Waals surface area contributed by atoms with Crippen LogP contribution in [0.2, 0.25) is 0 Å². The molecule has 7 heteroatoms. The molecule has 1 N–H and O–H groups in total. The topological polar surface area (TPSA) is 81.5 Å². The van der Waals surface area contributed by atoms with Gasteiger partial charge >= 0.3 is 5.69 Å². The van der Waals surface area contributed by atoms with E-state index in [0.717, 1.165) is 18.4 Å². The summed E-state index contributed by atoms with van der Waals surface area (Å²) in [7, 11) is 1.41. The summed E-state index contributed by atoms with van der Waals surface area (Å²) >= 11 is 1.47. The summed E-state index contributed by atoms with van der Waals surface area (Å²) < 4.78 is 5.00. The van der Waals surface area contributed by atoms with Gasteiger partial charge in [-0.1, -0.05) is 38.2 Å². The first-order valence-corrected chi connectivity index (χ1v) is 9.94. The van der Waals surface area contributed by atoms with Crippen molar-refractivity contribution in [2.24, 2.45) is 0 Å². The molecule has 25 heavy (non-hydrogen) atoms. The number of carbonyl (C=O) groups excluding carboxylic acids is 1. The Morgan fingerprint density at radius 2 is 1.96 bits per heavy atom. The van der Waals surface area contributed by atoms with Crippen molar-refractivity contribution in [2.45, 2.75) is 56.7 Å². The maximum Gasteiger partial charge on any atom is 0.311 e. The van der Waals surface area contributed by atoms with Crippen molar-refractivity contribution >= 4 is 23.4 Å². The van der Waals surface area contributed by atoms with E-state index in [2.05, 4.69) is 5.32 Å². The van der Waals surface area contributed by atoms with E-state index in [1.165, 1.54) is 57.0 Å². The zero-order valence-electron chi connectivity index (χ0n) is 14.7. The van der Waals surface area contributed by atoms with Crippen LogP contribution >= 0.6 is 11.8 Å². The molecule has 0 heterocycles. The van der Waals surface area contributed by atoms with E-state index in [1.807, 2.05) is 0 Å². The van der Waals surface area contributed by atoms with Crippen molar-refractivity contribution in [3.05, 3.63) is 33.9 Å². The summed E-state index contributed by atoms with van der Waals surface area (Å²) in [6, 6.07) is 5.21. The monoisotopic (exact) mass is 366 g/mol. The molecule has 0 radical (unpaired) electrons. The second-order valence-corrected chi connectivity index (χ2v) is 7.35. The van der Waals surface area contributed by atoms with Gasteiger partial charge in [0.05, 0.1) is 17.8 Å². The second kappa shape index (κ2) is 10.3. The lowest BCUT2D eigenvalue weighted by Gasteiger charge is -2.20. The van der Waals surface area contributed by atoms with Crippen LogP contribution in [-0.2, 0) is 10.5 Å². The number of thioether (sulfide) groups is 1. The van der Waals surface area contributed by atoms with Gasteiger partial charge in [0, 0.05) is 17.9 Å². The molecule has 0 saturated heterocycles. The molecule has 1 amide bonds. The van der Waals surface area contributed by atoms with Crippen molar-refractivity contribution in [3.8, 4) is 5.75 Å². The van der Waals surface area contributed by atoms with Gasteiger partial charge < -0.3 is 10.1 Å². The Balaban J connectivity index is 1.78. The smallest absolute Gasteiger partial charge is 0.311 e. The van der Waals surface area contributed by atoms with Crippen LogP contribution in [-0.4, -0.2) is 29.7 Å². The van der Waals surface area contributed by atoms with Gasteiger partial charge in [0.2, 0.25) is 5.91 Å². The molecule has 6 nitrogen and oxygen atoms in total. The molecule has 1 saturated carbocycles. The van der Waals surface area contributed by atoms with Gasteiger partial charge in [0.1, 0.15) is 0 Å². The lowest BCUT2D eigenvalue weighted by Crippen LogP contribution is -2.36. The number of rotatable bonds is 7. The van der Waals surface area contributed by atoms with Crippen molar-refractivity contribution in [1.82, 2.24) is 5.32 Å². The molecule has 0 bridgehead atoms. The van der Waals surface area contributed by atoms with Crippen LogP contribution in [0.1, 0.15) is 50.5 Å². The maximum atomic E-state index is 12.1. The molecule has 0 aromatic heterocycles. The number of nitro groups is 1. The largest absolute Gasteiger partial charge is 0.490 e. The van der Waals surface area contributed by atoms with E-state index in [1.54, 1.807) is 12.1 Å². The van der Waals surface area contributed by atoms with Gasteiger partial charge in [-0.25, -0.2) is 0 Å². The number of carbonyl (C=O) groups is 1. The Labute approximate surface area is 152 Å². The molecule has 0 unspecified atom stereocenters. The summed E-state index contributed by atoms with van der Waals surface area (Å²) in [5, 5.41) is 14.2. The fraction of sp³-hybridized carbons (Fsp3) is 0.611. The number of methoxy groups -OCH3 is 1. The van der Waals surface area contributed by atoms with Gasteiger partial charge in [-0.05, 0) is 24.5 Å². The lowest BCUT2D eigenvalue weighted by atomic mass is 9.97. The zero-order chi connectivity index (χ0) is 18.1. The summed E-state index contributed by atoms with van der Waals surface area (Å²) in [4.78, 5) is 22.7. The van der Waals surface area contributed by atoms with E-state index < -0.39 is 4.92 Å². The fourth-order valence-electron chi connectivity index (χ4n) is 3.10. The van der Waals surface area contributed by atoms with Crippen LogP contribution in [0.5, 0.6) is 5.75 Å². The van der Waals surface area contributed by atoms with Gasteiger partial charge in [-0.15, -0.1) is 11.8 Å². The van der Waals surface area contributed by atoms with Crippen LogP contribution in [0, 0.1) is 10.1 Å². The number of hydrogen-bond donors (Lipinski definition) is 1. The standard InChI is InChI=1S/C18H26N2O4S/c1-24-17-10-9-14(11-16(17)20(22)23)12-25-13-18(21)19-15-7-5-3-2-4-6-8-15/h9-11,15H,2-8,12-13H2,1H3,(H,19,21). The number of benzene rings is 1. The molecule has 1 aromatic rings. The fourth-order valence-corrected chi connectivity index (χ4v) is 3.89. The molecular weight excluding hydrogens is 340 g/mol. The molecule has 1 aliphatic carbocycles. The third-order valence-electron chi connectivity index (χ3n) is 4.41. The molecular formula is C18H26N2O4S. The quantitative estimate of drug-likeness (QED) is 0.581. The first-order chi connectivity index (χ1) is 12.1. The predicted molar refractivity (Wildman–Crippen MR) is 100 cm³/mol. The summed E-state index contributed by atoms with van der Waals surface area (Å²) in [6.07, 6.45) is 8.35. The number of nitro benzene ring substituents is 1. The van der Waals surface area contributed by atoms with E-state index in [9.17, 15) is 14.9 Å². The first kappa shape index (κ1) is 19.6. The van der Waals surface area contributed by atoms with Gasteiger partial charge in [0.25, 0.3) is 0 Å². The molecule has 1 aromatic carbocycles. The van der Waals surface area contributed by atoms with Crippen molar-refractivity contribution in [1.29, 1.82) is 0 Å². The predicted octanol–water partition coefficient (Wildman–Crippen LogP) is 4.07. The Kier molecular flexibility index (Phi) is 8.04. The highest BCUT2D eigenvalue weighted by Crippen LogP contribution is 2.29. The Hall–Kier alpha value is -1.76. The van der Waals surface area contributed by atoms with E-state index in [4.69, 9.17) is 4.74 Å². The SMILES string of the molecule is COc1ccc(CSCC(=O)NC2CCCCCCC2)cc1[N+](=O)[O-]. The first-order valence-electron chi connectivity index (χ1n) is 8.78. The molecule has 1 aliphatic rings. The number of ether oxygens (including phenoxy) is 1. The third kappa shape index (κ3) is 6.57. The van der Waals surface area contributed by atoms with Crippen molar-refractivity contribution in [3.63, 3.8) is 0 Å². The van der Waals surface area contributed by atoms with Crippen LogP contribution in [0.4, 0.5) is 5.69 Å². The average Bonchev–Trinajstić information content (AvgIpc) is 2.57. The summed E-state index contributed by atoms with van der Waals surface area (Å²) in [5.74, 6) is 1.23. The van der Waals surface area contributed by atoms with Gasteiger partial charge in [-0.2, -0.15) is 0 Å². The third-order valence-corrected chi connectivity index (χ3v) is 5.42. The van der Waals surface area contributed by atoms with Crippen LogP contribution in [0.3, 0.4) is 0 Å². The number of nitrogens with one attached hydrogen (secondary N) is 1. The minimum absolute atomic E-state index is 0.0421. The normalized spacial score (nSPS) is 15.9. The molecule has 0 spiro atoms. The van der Waals surface area contributed by atoms with Crippen LogP contribution < -0.4 is 10.1 Å². The van der Waals surface area contributed by atoms with Gasteiger partial charge in [-0.3, -0.25) is 14.9 Å². The number of nitrogens with zero attached hydrogens (tertiary/aromatic N) is 1. The highest BCUT2D eigenvalue weighted by Gasteiger charge is 2.16. The maximum absolute atomic E-state index is 12.1. The highest BCUT2D eigenvalue weighted by atomic mass is 32.2. The highest BCUT2D eigenvalue weighted by molar-refractivity contribution is 7.99. The summed E-state index contributed by atoms with van der Waals surface area (Å²) in [6.45, 7) is 0. The van der Waals surface area contributed by atoms with E-state index in [0.29, 0.717) is 17.5 Å². The van der Waals surface area contributed by atoms with Gasteiger partial charge in [0.15, 0.2) is 5.75 Å². The Morgan fingerprint density at radius 1 is 1.28 bits per heavy atom. The van der Waals surface area contributed by atoms with Crippen LogP contribution in [0.25, 0.3) is 0 Å². The minimum atomic E-state index is -0.450. The molecule has 0 aliphatic heterocycles. The number of amides is 1. The zero-order valence-corrected chi connectivity index (χ0v) is 15.5. The lowest BCUT2D eigenvalue weighted by molar-refractivity contribution is -0.385. The molecule has 2 rings (SSSR count). The van der Waals surface area contributed by atoms with Crippen molar-refractivity contribution < 1.29 is 14.5 Å². The van der Waals surface area contributed by atoms with E-state index >= 15 is 0 Å². The Bertz CT molecular complexity index is 586. The van der Waals surface area contributed by atoms with Crippen molar-refractivity contribution in [2.75, 3.05) is 12.9 Å². The van der Waals surface area contributed by atoms with E-state index in [-0.39, 0.29) is 17.3 Å². The minimum Gasteiger partial charge on any atom is -0.490 e. The molecule has 0 atom stereocenters. The summed E-state index contributed by atoms with van der Waals surface area (Å²) in [5.41, 5.74) is 0.774. The molecule has 138 valence electrons. The molecule has 1 fully saturated rings. The number of hydrogen-bond acceptors (Lipinski definition) is 5. The second-order valence-electron chi connectivity index (χ2n) is 6.37. The Morgan fingerprint density at radius 3 is 2.60 bits per heavy atom. The van der Waals surface area contributed by atoms with Crippen LogP contribution in [0.15, 0.2) is 18.2 Å².